The maximum Gasteiger partial charge on any atom is 0.356 e. The number of nitrogens with two attached hydrogens (primary N) is 1. The average Bonchev–Trinajstić information content (AvgIpc) is 3.48. The van der Waals surface area contributed by atoms with E-state index in [-0.39, 0.29) is 22.2 Å². The number of thioether (sulfide) groups is 1. The van der Waals surface area contributed by atoms with Gasteiger partial charge in [0.05, 0.1) is 0 Å². The second-order valence-electron chi connectivity index (χ2n) is 11.4. The first-order valence-electron chi connectivity index (χ1n) is 14.5. The summed E-state index contributed by atoms with van der Waals surface area (Å²) in [4.78, 5) is 63.5. The van der Waals surface area contributed by atoms with Crippen molar-refractivity contribution in [2.45, 2.75) is 43.9 Å². The number of allylic oxidation sites excluding steroid dienone is 1. The molecule has 0 bridgehead atoms. The number of benzene rings is 2. The molecule has 12 nitrogen and oxygen atoms in total. The number of thiazole rings is 1. The van der Waals surface area contributed by atoms with Gasteiger partial charge in [0.1, 0.15) is 28.4 Å². The molecule has 3 heterocycles. The summed E-state index contributed by atoms with van der Waals surface area (Å²) in [5, 5.41) is 7.58. The highest BCUT2D eigenvalue weighted by atomic mass is 32.2. The number of nitrogens with one attached hydrogen (secondary N) is 1. The molecule has 5 rings (SSSR count). The number of oxime groups is 1. The number of nitrogen functional groups attached to an aromatic ring is 1. The Hall–Kier alpha value is -4.95. The molecule has 0 aliphatic carbocycles. The van der Waals surface area contributed by atoms with Gasteiger partial charge >= 0.3 is 11.9 Å². The van der Waals surface area contributed by atoms with Crippen molar-refractivity contribution in [3.05, 3.63) is 107 Å². The summed E-state index contributed by atoms with van der Waals surface area (Å²) in [6.45, 7) is 8.40. The van der Waals surface area contributed by atoms with Gasteiger partial charge in [-0.25, -0.2) is 14.6 Å². The Kier molecular flexibility index (Phi) is 10.1. The molecule has 3 aromatic rings. The predicted octanol–water partition coefficient (Wildman–Crippen LogP) is 3.96. The van der Waals surface area contributed by atoms with Crippen LogP contribution in [-0.4, -0.2) is 68.7 Å². The third-order valence-electron chi connectivity index (χ3n) is 6.89. The maximum atomic E-state index is 13.8. The third-order valence-corrected chi connectivity index (χ3v) is 8.87. The molecule has 1 fully saturated rings. The van der Waals surface area contributed by atoms with Gasteiger partial charge in [-0.15, -0.1) is 23.1 Å². The van der Waals surface area contributed by atoms with Gasteiger partial charge in [-0.2, -0.15) is 0 Å². The van der Waals surface area contributed by atoms with Gasteiger partial charge < -0.3 is 25.4 Å². The van der Waals surface area contributed by atoms with Gasteiger partial charge in [-0.3, -0.25) is 14.5 Å². The van der Waals surface area contributed by atoms with E-state index >= 15 is 0 Å². The number of aromatic nitrogens is 1. The van der Waals surface area contributed by atoms with Crippen molar-refractivity contribution in [2.75, 3.05) is 18.1 Å². The van der Waals surface area contributed by atoms with E-state index in [4.69, 9.17) is 20.0 Å². The van der Waals surface area contributed by atoms with E-state index in [9.17, 15) is 19.2 Å². The van der Waals surface area contributed by atoms with E-state index in [1.165, 1.54) is 28.1 Å². The molecule has 2 atom stereocenters. The van der Waals surface area contributed by atoms with Gasteiger partial charge in [-0.05, 0) is 37.5 Å². The number of anilines is 1. The molecule has 244 valence electrons. The van der Waals surface area contributed by atoms with Crippen LogP contribution in [0.3, 0.4) is 0 Å². The lowest BCUT2D eigenvalue weighted by Gasteiger charge is -2.49. The molecule has 0 radical (unpaired) electrons. The molecule has 47 heavy (non-hydrogen) atoms. The molecule has 0 spiro atoms. The summed E-state index contributed by atoms with van der Waals surface area (Å²) >= 11 is 2.43. The van der Waals surface area contributed by atoms with Crippen LogP contribution in [0.2, 0.25) is 0 Å². The van der Waals surface area contributed by atoms with Gasteiger partial charge in [-0.1, -0.05) is 78.5 Å². The highest BCUT2D eigenvalue weighted by molar-refractivity contribution is 8.00. The summed E-state index contributed by atoms with van der Waals surface area (Å²) in [7, 11) is 0. The first kappa shape index (κ1) is 33.4. The molecule has 2 aliphatic rings. The van der Waals surface area contributed by atoms with Crippen LogP contribution in [-0.2, 0) is 33.5 Å². The number of nitrogens with zero attached hydrogens (tertiary/aromatic N) is 3. The van der Waals surface area contributed by atoms with Gasteiger partial charge in [0.25, 0.3) is 11.8 Å². The smallest absolute Gasteiger partial charge is 0.356 e. The largest absolute Gasteiger partial charge is 0.457 e. The zero-order valence-corrected chi connectivity index (χ0v) is 27.5. The minimum Gasteiger partial charge on any atom is -0.457 e. The number of carbonyl (C=O) groups is 4. The highest BCUT2D eigenvalue weighted by Gasteiger charge is 2.54. The molecule has 1 saturated heterocycles. The summed E-state index contributed by atoms with van der Waals surface area (Å²) < 4.78 is 11.3. The Balaban J connectivity index is 1.33. The molecule has 14 heteroatoms. The molecule has 2 aliphatic heterocycles. The number of amides is 2. The number of carbonyl (C=O) groups excluding carboxylic acids is 4. The molecule has 0 saturated carbocycles. The Morgan fingerprint density at radius 1 is 1.13 bits per heavy atom. The standard InChI is InChI=1S/C33H33N5O7S2/c1-5-19-17-46-30-25(36-28(40)24(22-18-47-32(34)35-22)37-43-16-23(39)45-33(2,3)4)29(41)38(30)26(19)31(42)44-27(20-12-8-6-9-13-20)21-14-10-7-11-15-21/h5-15,18,25,27,30H,1,16-17H2,2-4H3,(H2,34,35)(H,36,40)/t25?,30-/m0/s1. The quantitative estimate of drug-likeness (QED) is 0.132. The predicted molar refractivity (Wildman–Crippen MR) is 178 cm³/mol. The lowest BCUT2D eigenvalue weighted by molar-refractivity contribution is -0.160. The summed E-state index contributed by atoms with van der Waals surface area (Å²) in [6.07, 6.45) is 0.798. The van der Waals surface area contributed by atoms with E-state index in [1.807, 2.05) is 60.7 Å². The topological polar surface area (TPSA) is 163 Å². The number of rotatable bonds is 11. The van der Waals surface area contributed by atoms with Crippen LogP contribution < -0.4 is 11.1 Å². The number of β-lactam (4-membered cyclic amide) rings is 1. The van der Waals surface area contributed by atoms with Gasteiger partial charge in [0, 0.05) is 11.1 Å². The van der Waals surface area contributed by atoms with Crippen LogP contribution in [0.4, 0.5) is 5.13 Å². The zero-order valence-electron chi connectivity index (χ0n) is 25.9. The third kappa shape index (κ3) is 7.72. The van der Waals surface area contributed by atoms with Crippen molar-refractivity contribution >= 4 is 57.7 Å². The Morgan fingerprint density at radius 2 is 1.77 bits per heavy atom. The second-order valence-corrected chi connectivity index (χ2v) is 13.4. The van der Waals surface area contributed by atoms with Crippen LogP contribution in [0.15, 0.2) is 95.1 Å². The fraction of sp³-hybridized carbons (Fsp3) is 0.273. The second kappa shape index (κ2) is 14.2. The first-order chi connectivity index (χ1) is 22.5. The fourth-order valence-corrected chi connectivity index (χ4v) is 6.75. The zero-order chi connectivity index (χ0) is 33.7. The minimum atomic E-state index is -1.01. The Morgan fingerprint density at radius 3 is 2.32 bits per heavy atom. The SMILES string of the molecule is C=CC1=C(C(=O)OC(c2ccccc2)c2ccccc2)N2C(=O)C(NC(=O)C(=NOCC(=O)OC(C)(C)C)c3csc(N)n3)[C@@H]2SC1. The van der Waals surface area contributed by atoms with Crippen molar-refractivity contribution in [1.82, 2.24) is 15.2 Å². The van der Waals surface area contributed by atoms with Crippen molar-refractivity contribution in [1.29, 1.82) is 0 Å². The van der Waals surface area contributed by atoms with Crippen LogP contribution >= 0.6 is 23.1 Å². The van der Waals surface area contributed by atoms with Crippen LogP contribution in [0.1, 0.15) is 43.7 Å². The minimum absolute atomic E-state index is 0.0676. The van der Waals surface area contributed by atoms with E-state index in [2.05, 4.69) is 22.0 Å². The first-order valence-corrected chi connectivity index (χ1v) is 16.4. The maximum absolute atomic E-state index is 13.8. The monoisotopic (exact) mass is 675 g/mol. The number of esters is 2. The molecule has 1 aromatic heterocycles. The van der Waals surface area contributed by atoms with Crippen molar-refractivity contribution in [3.8, 4) is 0 Å². The van der Waals surface area contributed by atoms with Crippen LogP contribution in [0.5, 0.6) is 0 Å². The molecular weight excluding hydrogens is 643 g/mol. The number of fused-ring (bicyclic) bond motifs is 1. The van der Waals surface area contributed by atoms with E-state index in [0.29, 0.717) is 11.3 Å². The van der Waals surface area contributed by atoms with Crippen LogP contribution in [0, 0.1) is 0 Å². The van der Waals surface area contributed by atoms with E-state index in [0.717, 1.165) is 22.5 Å². The van der Waals surface area contributed by atoms with E-state index in [1.54, 1.807) is 20.8 Å². The van der Waals surface area contributed by atoms with Crippen LogP contribution in [0.25, 0.3) is 0 Å². The van der Waals surface area contributed by atoms with Crippen molar-refractivity contribution in [3.63, 3.8) is 0 Å². The van der Waals surface area contributed by atoms with Gasteiger partial charge in [0.2, 0.25) is 6.61 Å². The molecular formula is C33H33N5O7S2. The summed E-state index contributed by atoms with van der Waals surface area (Å²) in [5.41, 5.74) is 6.97. The summed E-state index contributed by atoms with van der Waals surface area (Å²) in [6, 6.07) is 17.6. The lowest BCUT2D eigenvalue weighted by atomic mass is 10.0. The fourth-order valence-electron chi connectivity index (χ4n) is 4.87. The molecule has 1 unspecified atom stereocenters. The van der Waals surface area contributed by atoms with Crippen molar-refractivity contribution in [2.24, 2.45) is 5.16 Å². The van der Waals surface area contributed by atoms with Crippen molar-refractivity contribution < 1.29 is 33.5 Å². The lowest BCUT2D eigenvalue weighted by Crippen LogP contribution is -2.71. The summed E-state index contributed by atoms with van der Waals surface area (Å²) in [5.74, 6) is -2.35. The molecule has 2 amide bonds. The van der Waals surface area contributed by atoms with Gasteiger partial charge in [0.15, 0.2) is 16.9 Å². The molecule has 3 N–H and O–H groups in total. The molecule has 2 aromatic carbocycles. The highest BCUT2D eigenvalue weighted by Crippen LogP contribution is 2.42. The van der Waals surface area contributed by atoms with E-state index < -0.39 is 53.5 Å². The number of ether oxygens (including phenoxy) is 2. The Labute approximate surface area is 279 Å². The number of hydrogen-bond donors (Lipinski definition) is 2. The number of hydrogen-bond acceptors (Lipinski definition) is 12. The average molecular weight is 676 g/mol. The Bertz CT molecular complexity index is 1690. The normalized spacial score (nSPS) is 17.8.